The minimum Gasteiger partial charge on any atom is -0.462 e. The number of nitrogen functional groups attached to an aromatic ring is 1. The number of hydrogen-bond donors (Lipinski definition) is 2. The number of fused-ring (bicyclic) bond motifs is 1. The van der Waals surface area contributed by atoms with Gasteiger partial charge in [-0.3, -0.25) is 0 Å². The molecule has 3 N–H and O–H groups in total. The van der Waals surface area contributed by atoms with Crippen molar-refractivity contribution < 1.29 is 9.53 Å². The Kier molecular flexibility index (Phi) is 5.40. The third-order valence-electron chi connectivity index (χ3n) is 3.51. The number of carbonyl (C=O) groups excluding carboxylic acids is 1. The molecule has 0 atom stereocenters. The molecule has 0 amide bonds. The van der Waals surface area contributed by atoms with Crippen LogP contribution in [0.5, 0.6) is 0 Å². The van der Waals surface area contributed by atoms with Crippen molar-refractivity contribution in [3.05, 3.63) is 40.8 Å². The van der Waals surface area contributed by atoms with E-state index in [2.05, 4.69) is 15.3 Å². The van der Waals surface area contributed by atoms with Crippen LogP contribution in [-0.4, -0.2) is 28.8 Å². The number of nitrogens with two attached hydrogens (primary N) is 1. The Morgan fingerprint density at radius 3 is 2.76 bits per heavy atom. The summed E-state index contributed by atoms with van der Waals surface area (Å²) in [6.45, 7) is 2.66. The number of benzene rings is 1. The topological polar surface area (TPSA) is 90.1 Å². The standard InChI is InChI=1S/C17H18N4O2S2/c1-3-23-16(22)13-12(18)11-14(19-9-10-7-5-4-6-8-10)20-17(24-2)21-15(11)25-13/h4-8H,3,9,18H2,1-2H3,(H,19,20,21). The molecule has 0 aliphatic heterocycles. The van der Waals surface area contributed by atoms with Crippen LogP contribution in [0.2, 0.25) is 0 Å². The molecule has 25 heavy (non-hydrogen) atoms. The molecule has 6 nitrogen and oxygen atoms in total. The molecule has 2 aromatic heterocycles. The molecule has 130 valence electrons. The largest absolute Gasteiger partial charge is 0.462 e. The number of nitrogens with one attached hydrogen (secondary N) is 1. The van der Waals surface area contributed by atoms with E-state index in [0.717, 1.165) is 5.56 Å². The van der Waals surface area contributed by atoms with E-state index in [-0.39, 0.29) is 0 Å². The van der Waals surface area contributed by atoms with Crippen LogP contribution in [-0.2, 0) is 11.3 Å². The highest BCUT2D eigenvalue weighted by atomic mass is 32.2. The van der Waals surface area contributed by atoms with Gasteiger partial charge in [-0.15, -0.1) is 11.3 Å². The van der Waals surface area contributed by atoms with Gasteiger partial charge in [0.05, 0.1) is 17.7 Å². The number of esters is 1. The van der Waals surface area contributed by atoms with E-state index in [0.29, 0.717) is 44.9 Å². The number of carbonyl (C=O) groups is 1. The van der Waals surface area contributed by atoms with Gasteiger partial charge < -0.3 is 15.8 Å². The van der Waals surface area contributed by atoms with E-state index in [1.807, 2.05) is 36.6 Å². The van der Waals surface area contributed by atoms with Gasteiger partial charge in [-0.2, -0.15) is 0 Å². The van der Waals surface area contributed by atoms with Gasteiger partial charge in [0.2, 0.25) is 0 Å². The summed E-state index contributed by atoms with van der Waals surface area (Å²) in [5.74, 6) is 0.199. The van der Waals surface area contributed by atoms with Gasteiger partial charge in [0.25, 0.3) is 0 Å². The lowest BCUT2D eigenvalue weighted by Crippen LogP contribution is -2.06. The van der Waals surface area contributed by atoms with Crippen LogP contribution in [0, 0.1) is 0 Å². The summed E-state index contributed by atoms with van der Waals surface area (Å²) in [5.41, 5.74) is 7.70. The molecule has 0 saturated heterocycles. The summed E-state index contributed by atoms with van der Waals surface area (Å²) in [5, 5.41) is 4.61. The average molecular weight is 374 g/mol. The Morgan fingerprint density at radius 1 is 1.32 bits per heavy atom. The van der Waals surface area contributed by atoms with E-state index < -0.39 is 5.97 Å². The molecular weight excluding hydrogens is 356 g/mol. The van der Waals surface area contributed by atoms with Crippen LogP contribution in [0.25, 0.3) is 10.2 Å². The second-order valence-corrected chi connectivity index (χ2v) is 6.92. The smallest absolute Gasteiger partial charge is 0.350 e. The zero-order valence-electron chi connectivity index (χ0n) is 13.9. The van der Waals surface area contributed by atoms with Gasteiger partial charge in [-0.25, -0.2) is 14.8 Å². The molecule has 0 bridgehead atoms. The minimum atomic E-state index is -0.428. The van der Waals surface area contributed by atoms with Gasteiger partial charge in [-0.1, -0.05) is 42.1 Å². The summed E-state index contributed by atoms with van der Waals surface area (Å²) < 4.78 is 5.08. The fourth-order valence-corrected chi connectivity index (χ4v) is 3.76. The van der Waals surface area contributed by atoms with E-state index in [4.69, 9.17) is 10.5 Å². The van der Waals surface area contributed by atoms with E-state index in [1.54, 1.807) is 6.92 Å². The van der Waals surface area contributed by atoms with Gasteiger partial charge in [0, 0.05) is 6.54 Å². The van der Waals surface area contributed by atoms with Crippen molar-refractivity contribution in [2.75, 3.05) is 23.9 Å². The molecule has 3 aromatic rings. The quantitative estimate of drug-likeness (QED) is 0.385. The lowest BCUT2D eigenvalue weighted by Gasteiger charge is -2.09. The zero-order valence-corrected chi connectivity index (χ0v) is 15.5. The lowest BCUT2D eigenvalue weighted by atomic mass is 10.2. The van der Waals surface area contributed by atoms with Crippen LogP contribution in [0.3, 0.4) is 0 Å². The maximum absolute atomic E-state index is 12.1. The van der Waals surface area contributed by atoms with Gasteiger partial charge >= 0.3 is 5.97 Å². The second kappa shape index (κ2) is 7.71. The first kappa shape index (κ1) is 17.5. The number of aromatic nitrogens is 2. The van der Waals surface area contributed by atoms with Crippen LogP contribution in [0.15, 0.2) is 35.5 Å². The second-order valence-electron chi connectivity index (χ2n) is 5.14. The van der Waals surface area contributed by atoms with Crippen molar-refractivity contribution in [2.45, 2.75) is 18.6 Å². The highest BCUT2D eigenvalue weighted by molar-refractivity contribution is 7.98. The maximum Gasteiger partial charge on any atom is 0.350 e. The van der Waals surface area contributed by atoms with E-state index >= 15 is 0 Å². The normalized spacial score (nSPS) is 10.8. The van der Waals surface area contributed by atoms with Crippen molar-refractivity contribution in [1.29, 1.82) is 0 Å². The first-order chi connectivity index (χ1) is 12.1. The molecule has 0 unspecified atom stereocenters. The molecule has 0 aliphatic rings. The number of thioether (sulfide) groups is 1. The Hall–Kier alpha value is -2.32. The van der Waals surface area contributed by atoms with Gasteiger partial charge in [-0.05, 0) is 18.7 Å². The molecule has 0 radical (unpaired) electrons. The van der Waals surface area contributed by atoms with Crippen LogP contribution in [0.4, 0.5) is 11.5 Å². The molecule has 0 aliphatic carbocycles. The number of hydrogen-bond acceptors (Lipinski definition) is 8. The maximum atomic E-state index is 12.1. The number of nitrogens with zero attached hydrogens (tertiary/aromatic N) is 2. The molecule has 0 fully saturated rings. The van der Waals surface area contributed by atoms with Crippen molar-refractivity contribution >= 4 is 50.8 Å². The SMILES string of the molecule is CCOC(=O)c1sc2nc(SC)nc(NCc3ccccc3)c2c1N. The molecule has 0 saturated carbocycles. The Balaban J connectivity index is 2.01. The number of thiophene rings is 1. The van der Waals surface area contributed by atoms with Crippen LogP contribution >= 0.6 is 23.1 Å². The van der Waals surface area contributed by atoms with Crippen LogP contribution < -0.4 is 11.1 Å². The van der Waals surface area contributed by atoms with Gasteiger partial charge in [0.15, 0.2) is 5.16 Å². The van der Waals surface area contributed by atoms with Gasteiger partial charge in [0.1, 0.15) is 15.5 Å². The van der Waals surface area contributed by atoms with Crippen molar-refractivity contribution in [3.8, 4) is 0 Å². The summed E-state index contributed by atoms with van der Waals surface area (Å²) >= 11 is 2.67. The average Bonchev–Trinajstić information content (AvgIpc) is 2.97. The number of ether oxygens (including phenoxy) is 1. The molecular formula is C17H18N4O2S2. The van der Waals surface area contributed by atoms with Crippen LogP contribution in [0.1, 0.15) is 22.2 Å². The van der Waals surface area contributed by atoms with Crippen molar-refractivity contribution in [2.24, 2.45) is 0 Å². The molecule has 8 heteroatoms. The number of anilines is 2. The first-order valence-electron chi connectivity index (χ1n) is 7.73. The van der Waals surface area contributed by atoms with Crippen molar-refractivity contribution in [3.63, 3.8) is 0 Å². The van der Waals surface area contributed by atoms with E-state index in [9.17, 15) is 4.79 Å². The fourth-order valence-electron chi connectivity index (χ4n) is 2.35. The van der Waals surface area contributed by atoms with E-state index in [1.165, 1.54) is 23.1 Å². The Labute approximate surface area is 153 Å². The number of rotatable bonds is 6. The minimum absolute atomic E-state index is 0.299. The first-order valence-corrected chi connectivity index (χ1v) is 9.77. The third kappa shape index (κ3) is 3.69. The monoisotopic (exact) mass is 374 g/mol. The summed E-state index contributed by atoms with van der Waals surface area (Å²) in [4.78, 5) is 22.2. The Bertz CT molecular complexity index is 897. The molecule has 0 spiro atoms. The highest BCUT2D eigenvalue weighted by Gasteiger charge is 2.22. The summed E-state index contributed by atoms with van der Waals surface area (Å²) in [6, 6.07) is 10.00. The predicted octanol–water partition coefficient (Wildman–Crippen LogP) is 3.78. The third-order valence-corrected chi connectivity index (χ3v) is 5.14. The molecule has 1 aromatic carbocycles. The molecule has 2 heterocycles. The zero-order chi connectivity index (χ0) is 17.8. The lowest BCUT2D eigenvalue weighted by molar-refractivity contribution is 0.0533. The molecule has 3 rings (SSSR count). The predicted molar refractivity (Wildman–Crippen MR) is 103 cm³/mol. The van der Waals surface area contributed by atoms with Crippen molar-refractivity contribution in [1.82, 2.24) is 9.97 Å². The fraction of sp³-hybridized carbons (Fsp3) is 0.235. The Morgan fingerprint density at radius 2 is 2.08 bits per heavy atom. The summed E-state index contributed by atoms with van der Waals surface area (Å²) in [6.07, 6.45) is 1.91. The highest BCUT2D eigenvalue weighted by Crippen LogP contribution is 2.38. The summed E-state index contributed by atoms with van der Waals surface area (Å²) in [7, 11) is 0.